The van der Waals surface area contributed by atoms with Crippen LogP contribution in [-0.2, 0) is 11.3 Å². The summed E-state index contributed by atoms with van der Waals surface area (Å²) in [6.45, 7) is 7.07. The number of rotatable bonds is 3. The fourth-order valence-corrected chi connectivity index (χ4v) is 4.34. The molecule has 0 aliphatic heterocycles. The predicted octanol–water partition coefficient (Wildman–Crippen LogP) is 4.54. The second-order valence-electron chi connectivity index (χ2n) is 5.36. The Morgan fingerprint density at radius 2 is 2.17 bits per heavy atom. The Morgan fingerprint density at radius 1 is 1.35 bits per heavy atom. The van der Waals surface area contributed by atoms with Crippen molar-refractivity contribution in [1.29, 1.82) is 0 Å². The molecule has 3 aromatic rings. The van der Waals surface area contributed by atoms with Crippen LogP contribution in [0.1, 0.15) is 22.9 Å². The van der Waals surface area contributed by atoms with Crippen molar-refractivity contribution in [2.75, 3.05) is 0 Å². The Kier molecular flexibility index (Phi) is 4.59. The lowest BCUT2D eigenvalue weighted by Crippen LogP contribution is -2.15. The number of amides is 1. The minimum atomic E-state index is -0.221. The zero-order chi connectivity index (χ0) is 16.4. The lowest BCUT2D eigenvalue weighted by atomic mass is 10.1. The number of hydrogen-bond acceptors (Lipinski definition) is 3. The Morgan fingerprint density at radius 3 is 2.87 bits per heavy atom. The summed E-state index contributed by atoms with van der Waals surface area (Å²) in [5, 5.41) is 1.99. The Bertz CT molecular complexity index is 943. The van der Waals surface area contributed by atoms with Gasteiger partial charge in [-0.3, -0.25) is 4.79 Å². The van der Waals surface area contributed by atoms with Crippen molar-refractivity contribution in [3.05, 3.63) is 56.5 Å². The first-order chi connectivity index (χ1) is 11.1. The predicted molar refractivity (Wildman–Crippen MR) is 98.9 cm³/mol. The molecule has 23 heavy (non-hydrogen) atoms. The maximum Gasteiger partial charge on any atom is 0.272 e. The minimum Gasteiger partial charge on any atom is -0.317 e. The third kappa shape index (κ3) is 3.35. The molecule has 0 aliphatic carbocycles. The Balaban J connectivity index is 2.05. The average molecular weight is 342 g/mol. The van der Waals surface area contributed by atoms with Crippen LogP contribution >= 0.6 is 22.7 Å². The number of aryl methyl sites for hydroxylation is 3. The summed E-state index contributed by atoms with van der Waals surface area (Å²) < 4.78 is 3.31. The second kappa shape index (κ2) is 6.64. The van der Waals surface area contributed by atoms with Gasteiger partial charge < -0.3 is 4.57 Å². The lowest BCUT2D eigenvalue weighted by Gasteiger charge is -2.02. The van der Waals surface area contributed by atoms with E-state index in [4.69, 9.17) is 0 Å². The number of thiazole rings is 1. The first-order valence-electron chi connectivity index (χ1n) is 7.49. The summed E-state index contributed by atoms with van der Waals surface area (Å²) in [6.07, 6.45) is 3.35. The van der Waals surface area contributed by atoms with Gasteiger partial charge in [-0.05, 0) is 55.5 Å². The average Bonchev–Trinajstić information content (AvgIpc) is 3.12. The van der Waals surface area contributed by atoms with Gasteiger partial charge in [0.25, 0.3) is 5.91 Å². The van der Waals surface area contributed by atoms with Crippen LogP contribution < -0.4 is 4.80 Å². The van der Waals surface area contributed by atoms with Crippen LogP contribution in [0, 0.1) is 13.8 Å². The SMILES string of the molecule is CCn1c(=NC(=O)/C=C/c2cccs2)sc2c(C)cc(C)cc21. The van der Waals surface area contributed by atoms with Crippen LogP contribution in [-0.4, -0.2) is 10.5 Å². The molecular weight excluding hydrogens is 324 g/mol. The smallest absolute Gasteiger partial charge is 0.272 e. The van der Waals surface area contributed by atoms with E-state index in [9.17, 15) is 4.79 Å². The normalized spacial score (nSPS) is 12.6. The lowest BCUT2D eigenvalue weighted by molar-refractivity contribution is -0.113. The number of fused-ring (bicyclic) bond motifs is 1. The van der Waals surface area contributed by atoms with Gasteiger partial charge in [0, 0.05) is 17.5 Å². The molecule has 0 aliphatic rings. The van der Waals surface area contributed by atoms with Gasteiger partial charge in [-0.1, -0.05) is 23.5 Å². The third-order valence-corrected chi connectivity index (χ3v) is 5.64. The van der Waals surface area contributed by atoms with Gasteiger partial charge in [0.2, 0.25) is 0 Å². The van der Waals surface area contributed by atoms with Crippen LogP contribution in [0.5, 0.6) is 0 Å². The molecule has 2 heterocycles. The topological polar surface area (TPSA) is 34.4 Å². The molecule has 0 radical (unpaired) electrons. The van der Waals surface area contributed by atoms with E-state index >= 15 is 0 Å². The molecule has 5 heteroatoms. The molecule has 0 fully saturated rings. The van der Waals surface area contributed by atoms with Crippen LogP contribution in [0.3, 0.4) is 0 Å². The maximum absolute atomic E-state index is 12.1. The number of benzene rings is 1. The van der Waals surface area contributed by atoms with Gasteiger partial charge in [0.15, 0.2) is 4.80 Å². The summed E-state index contributed by atoms with van der Waals surface area (Å²) in [7, 11) is 0. The molecule has 0 N–H and O–H groups in total. The fraction of sp³-hybridized carbons (Fsp3) is 0.222. The number of carbonyl (C=O) groups excluding carboxylic acids is 1. The van der Waals surface area contributed by atoms with Crippen molar-refractivity contribution in [2.24, 2.45) is 4.99 Å². The highest BCUT2D eigenvalue weighted by molar-refractivity contribution is 7.16. The van der Waals surface area contributed by atoms with Crippen LogP contribution in [0.2, 0.25) is 0 Å². The third-order valence-electron chi connectivity index (χ3n) is 3.57. The Hall–Kier alpha value is -1.98. The van der Waals surface area contributed by atoms with E-state index < -0.39 is 0 Å². The van der Waals surface area contributed by atoms with E-state index in [1.165, 1.54) is 21.9 Å². The number of aromatic nitrogens is 1. The van der Waals surface area contributed by atoms with Crippen LogP contribution in [0.25, 0.3) is 16.3 Å². The summed E-state index contributed by atoms with van der Waals surface area (Å²) in [5.74, 6) is -0.221. The van der Waals surface area contributed by atoms with Gasteiger partial charge in [0.05, 0.1) is 10.2 Å². The highest BCUT2D eigenvalue weighted by Crippen LogP contribution is 2.23. The molecule has 1 aromatic carbocycles. The summed E-state index contributed by atoms with van der Waals surface area (Å²) in [5.41, 5.74) is 3.62. The molecule has 0 spiro atoms. The number of thiophene rings is 1. The van der Waals surface area contributed by atoms with Crippen molar-refractivity contribution in [1.82, 2.24) is 4.57 Å². The molecule has 0 saturated carbocycles. The highest BCUT2D eigenvalue weighted by atomic mass is 32.1. The zero-order valence-electron chi connectivity index (χ0n) is 13.4. The molecular formula is C18H18N2OS2. The van der Waals surface area contributed by atoms with Gasteiger partial charge in [-0.25, -0.2) is 0 Å². The number of nitrogens with zero attached hydrogens (tertiary/aromatic N) is 2. The maximum atomic E-state index is 12.1. The van der Waals surface area contributed by atoms with Gasteiger partial charge >= 0.3 is 0 Å². The summed E-state index contributed by atoms with van der Waals surface area (Å²) in [4.78, 5) is 18.3. The van der Waals surface area contributed by atoms with Crippen molar-refractivity contribution in [2.45, 2.75) is 27.3 Å². The van der Waals surface area contributed by atoms with Gasteiger partial charge in [0.1, 0.15) is 0 Å². The van der Waals surface area contributed by atoms with E-state index in [1.807, 2.05) is 23.6 Å². The van der Waals surface area contributed by atoms with E-state index in [0.29, 0.717) is 0 Å². The summed E-state index contributed by atoms with van der Waals surface area (Å²) >= 11 is 3.18. The standard InChI is InChI=1S/C18H18N2OS2/c1-4-20-15-11-12(2)10-13(3)17(15)23-18(20)19-16(21)8-7-14-6-5-9-22-14/h5-11H,4H2,1-3H3/b8-7+,19-18?. The first kappa shape index (κ1) is 15.9. The van der Waals surface area contributed by atoms with E-state index in [1.54, 1.807) is 22.7 Å². The second-order valence-corrected chi connectivity index (χ2v) is 7.31. The van der Waals surface area contributed by atoms with E-state index in [0.717, 1.165) is 21.7 Å². The molecule has 0 unspecified atom stereocenters. The molecule has 3 rings (SSSR count). The molecule has 2 aromatic heterocycles. The van der Waals surface area contributed by atoms with Crippen molar-refractivity contribution < 1.29 is 4.79 Å². The zero-order valence-corrected chi connectivity index (χ0v) is 15.0. The first-order valence-corrected chi connectivity index (χ1v) is 9.19. The minimum absolute atomic E-state index is 0.221. The van der Waals surface area contributed by atoms with E-state index in [2.05, 4.69) is 42.5 Å². The molecule has 0 bridgehead atoms. The molecule has 3 nitrogen and oxygen atoms in total. The summed E-state index contributed by atoms with van der Waals surface area (Å²) in [6, 6.07) is 8.27. The van der Waals surface area contributed by atoms with Crippen molar-refractivity contribution in [3.8, 4) is 0 Å². The molecule has 0 saturated heterocycles. The van der Waals surface area contributed by atoms with Crippen molar-refractivity contribution in [3.63, 3.8) is 0 Å². The van der Waals surface area contributed by atoms with Gasteiger partial charge in [-0.2, -0.15) is 4.99 Å². The van der Waals surface area contributed by atoms with Crippen LogP contribution in [0.15, 0.2) is 40.7 Å². The van der Waals surface area contributed by atoms with Crippen molar-refractivity contribution >= 4 is 44.9 Å². The Labute approximate surface area is 143 Å². The number of carbonyl (C=O) groups is 1. The fourth-order valence-electron chi connectivity index (χ4n) is 2.57. The molecule has 0 atom stereocenters. The van der Waals surface area contributed by atoms with Crippen LogP contribution in [0.4, 0.5) is 0 Å². The van der Waals surface area contributed by atoms with Gasteiger partial charge in [-0.15, -0.1) is 11.3 Å². The highest BCUT2D eigenvalue weighted by Gasteiger charge is 2.08. The molecule has 118 valence electrons. The quantitative estimate of drug-likeness (QED) is 0.643. The largest absolute Gasteiger partial charge is 0.317 e. The monoisotopic (exact) mass is 342 g/mol. The van der Waals surface area contributed by atoms with E-state index in [-0.39, 0.29) is 5.91 Å². The molecule has 1 amide bonds. The number of hydrogen-bond donors (Lipinski definition) is 0.